The van der Waals surface area contributed by atoms with Crippen molar-refractivity contribution in [1.29, 1.82) is 0 Å². The lowest BCUT2D eigenvalue weighted by Crippen LogP contribution is -2.37. The summed E-state index contributed by atoms with van der Waals surface area (Å²) in [5, 5.41) is 15.4. The maximum Gasteiger partial charge on any atom is 0.312 e. The number of anilines is 1. The number of carbonyl (C=O) groups excluding carboxylic acids is 2. The average molecular weight is 295 g/mol. The van der Waals surface area contributed by atoms with Crippen LogP contribution in [-0.2, 0) is 4.79 Å². The molecular weight excluding hydrogens is 278 g/mol. The monoisotopic (exact) mass is 295 g/mol. The maximum atomic E-state index is 11.8. The first-order valence-corrected chi connectivity index (χ1v) is 6.24. The van der Waals surface area contributed by atoms with Crippen molar-refractivity contribution in [2.45, 2.75) is 18.9 Å². The van der Waals surface area contributed by atoms with E-state index in [1.54, 1.807) is 0 Å². The van der Waals surface area contributed by atoms with E-state index in [0.29, 0.717) is 25.1 Å². The van der Waals surface area contributed by atoms with Gasteiger partial charge in [-0.1, -0.05) is 0 Å². The van der Waals surface area contributed by atoms with E-state index in [9.17, 15) is 19.7 Å². The Balaban J connectivity index is 2.41. The number of nitro groups is 1. The number of nitrogens with one attached hydrogen (secondary N) is 2. The quantitative estimate of drug-likeness (QED) is 0.324. The molecule has 1 unspecified atom stereocenters. The van der Waals surface area contributed by atoms with Gasteiger partial charge in [-0.2, -0.15) is 0 Å². The van der Waals surface area contributed by atoms with Gasteiger partial charge in [-0.25, -0.2) is 4.79 Å². The molecule has 114 valence electrons. The summed E-state index contributed by atoms with van der Waals surface area (Å²) in [5.41, 5.74) is 11.0. The Morgan fingerprint density at radius 1 is 1.29 bits per heavy atom. The van der Waals surface area contributed by atoms with Gasteiger partial charge in [-0.15, -0.1) is 0 Å². The van der Waals surface area contributed by atoms with Crippen molar-refractivity contribution in [3.05, 3.63) is 34.4 Å². The number of nitrogens with two attached hydrogens (primary N) is 2. The number of rotatable bonds is 7. The van der Waals surface area contributed by atoms with Gasteiger partial charge in [0.2, 0.25) is 5.91 Å². The van der Waals surface area contributed by atoms with Crippen molar-refractivity contribution in [3.63, 3.8) is 0 Å². The van der Waals surface area contributed by atoms with Crippen LogP contribution in [0.25, 0.3) is 0 Å². The molecule has 9 heteroatoms. The van der Waals surface area contributed by atoms with Crippen molar-refractivity contribution in [2.24, 2.45) is 11.5 Å². The third-order valence-corrected chi connectivity index (χ3v) is 2.67. The van der Waals surface area contributed by atoms with Crippen molar-refractivity contribution in [3.8, 4) is 0 Å². The predicted molar refractivity (Wildman–Crippen MR) is 76.5 cm³/mol. The molecule has 0 spiro atoms. The fourth-order valence-electron chi connectivity index (χ4n) is 1.57. The van der Waals surface area contributed by atoms with Gasteiger partial charge in [0.15, 0.2) is 0 Å². The van der Waals surface area contributed by atoms with Crippen LogP contribution in [0.15, 0.2) is 24.3 Å². The molecule has 0 saturated heterocycles. The highest BCUT2D eigenvalue weighted by molar-refractivity contribution is 5.94. The zero-order valence-electron chi connectivity index (χ0n) is 11.2. The molecule has 0 heterocycles. The minimum absolute atomic E-state index is 0.0603. The van der Waals surface area contributed by atoms with Gasteiger partial charge in [0.1, 0.15) is 0 Å². The molecule has 3 amide bonds. The summed E-state index contributed by atoms with van der Waals surface area (Å²) in [7, 11) is 0. The van der Waals surface area contributed by atoms with E-state index in [1.807, 2.05) is 0 Å². The standard InChI is InChI=1S/C12H17N5O4/c13-10(2-1-7-15-12(14)19)11(18)16-8-3-5-9(6-4-8)17(20)21/h3-6,10H,1-2,7,13H2,(H,16,18)(H3,14,15,19). The second-order valence-electron chi connectivity index (χ2n) is 4.33. The fourth-order valence-corrected chi connectivity index (χ4v) is 1.57. The van der Waals surface area contributed by atoms with E-state index >= 15 is 0 Å². The van der Waals surface area contributed by atoms with E-state index < -0.39 is 22.9 Å². The van der Waals surface area contributed by atoms with Crippen LogP contribution in [0.3, 0.4) is 0 Å². The molecule has 0 bridgehead atoms. The largest absolute Gasteiger partial charge is 0.352 e. The lowest BCUT2D eigenvalue weighted by atomic mass is 10.1. The van der Waals surface area contributed by atoms with Crippen LogP contribution in [0.4, 0.5) is 16.2 Å². The maximum absolute atomic E-state index is 11.8. The number of carbonyl (C=O) groups is 2. The van der Waals surface area contributed by atoms with Gasteiger partial charge in [-0.05, 0) is 25.0 Å². The molecular formula is C12H17N5O4. The molecule has 1 rings (SSSR count). The minimum Gasteiger partial charge on any atom is -0.352 e. The van der Waals surface area contributed by atoms with Crippen LogP contribution in [0.2, 0.25) is 0 Å². The van der Waals surface area contributed by atoms with Crippen molar-refractivity contribution in [1.82, 2.24) is 5.32 Å². The number of amides is 3. The van der Waals surface area contributed by atoms with E-state index in [4.69, 9.17) is 11.5 Å². The first-order valence-electron chi connectivity index (χ1n) is 6.24. The summed E-state index contributed by atoms with van der Waals surface area (Å²) in [6, 6.07) is 4.07. The van der Waals surface area contributed by atoms with Crippen LogP contribution >= 0.6 is 0 Å². The summed E-state index contributed by atoms with van der Waals surface area (Å²) >= 11 is 0. The first kappa shape index (κ1) is 16.4. The Hall–Kier alpha value is -2.68. The molecule has 0 aliphatic rings. The number of hydrogen-bond acceptors (Lipinski definition) is 5. The van der Waals surface area contributed by atoms with Gasteiger partial charge < -0.3 is 22.1 Å². The highest BCUT2D eigenvalue weighted by atomic mass is 16.6. The van der Waals surface area contributed by atoms with Crippen LogP contribution in [0, 0.1) is 10.1 Å². The Labute approximate surface area is 120 Å². The zero-order valence-corrected chi connectivity index (χ0v) is 11.2. The molecule has 21 heavy (non-hydrogen) atoms. The highest BCUT2D eigenvalue weighted by Gasteiger charge is 2.14. The molecule has 0 aromatic heterocycles. The van der Waals surface area contributed by atoms with Gasteiger partial charge in [0.25, 0.3) is 5.69 Å². The number of nitro benzene ring substituents is 1. The first-order chi connectivity index (χ1) is 9.90. The van der Waals surface area contributed by atoms with Crippen molar-refractivity contribution >= 4 is 23.3 Å². The van der Waals surface area contributed by atoms with Gasteiger partial charge in [-0.3, -0.25) is 14.9 Å². The van der Waals surface area contributed by atoms with E-state index in [1.165, 1.54) is 24.3 Å². The Morgan fingerprint density at radius 2 is 1.90 bits per heavy atom. The van der Waals surface area contributed by atoms with Crippen molar-refractivity contribution < 1.29 is 14.5 Å². The molecule has 6 N–H and O–H groups in total. The number of hydrogen-bond donors (Lipinski definition) is 4. The molecule has 9 nitrogen and oxygen atoms in total. The van der Waals surface area contributed by atoms with Crippen LogP contribution in [0.1, 0.15) is 12.8 Å². The number of nitrogens with zero attached hydrogens (tertiary/aromatic N) is 1. The third kappa shape index (κ3) is 5.87. The Bertz CT molecular complexity index is 517. The van der Waals surface area contributed by atoms with E-state index in [0.717, 1.165) is 0 Å². The number of primary amides is 1. The second-order valence-corrected chi connectivity index (χ2v) is 4.33. The van der Waals surface area contributed by atoms with Gasteiger partial charge in [0.05, 0.1) is 11.0 Å². The predicted octanol–water partition coefficient (Wildman–Crippen LogP) is 0.309. The molecule has 1 atom stereocenters. The van der Waals surface area contributed by atoms with Crippen LogP contribution < -0.4 is 22.1 Å². The minimum atomic E-state index is -0.741. The summed E-state index contributed by atoms with van der Waals surface area (Å²) in [5.74, 6) is -0.400. The van der Waals surface area contributed by atoms with Crippen LogP contribution in [-0.4, -0.2) is 29.4 Å². The fraction of sp³-hybridized carbons (Fsp3) is 0.333. The van der Waals surface area contributed by atoms with Crippen molar-refractivity contribution in [2.75, 3.05) is 11.9 Å². The number of urea groups is 1. The lowest BCUT2D eigenvalue weighted by Gasteiger charge is -2.12. The highest BCUT2D eigenvalue weighted by Crippen LogP contribution is 2.15. The van der Waals surface area contributed by atoms with Crippen LogP contribution in [0.5, 0.6) is 0 Å². The molecule has 0 saturated carbocycles. The smallest absolute Gasteiger partial charge is 0.312 e. The van der Waals surface area contributed by atoms with Gasteiger partial charge in [0, 0.05) is 24.4 Å². The normalized spacial score (nSPS) is 11.5. The third-order valence-electron chi connectivity index (χ3n) is 2.67. The summed E-state index contributed by atoms with van der Waals surface area (Å²) < 4.78 is 0. The Morgan fingerprint density at radius 3 is 2.43 bits per heavy atom. The molecule has 0 radical (unpaired) electrons. The van der Waals surface area contributed by atoms with Gasteiger partial charge >= 0.3 is 6.03 Å². The molecule has 1 aromatic carbocycles. The Kier molecular flexibility index (Phi) is 6.08. The number of benzene rings is 1. The molecule has 1 aromatic rings. The summed E-state index contributed by atoms with van der Waals surface area (Å²) in [4.78, 5) is 32.2. The zero-order chi connectivity index (χ0) is 15.8. The average Bonchev–Trinajstić information content (AvgIpc) is 2.43. The summed E-state index contributed by atoms with van der Waals surface area (Å²) in [6.45, 7) is 0.341. The summed E-state index contributed by atoms with van der Waals surface area (Å²) in [6.07, 6.45) is 0.886. The topological polar surface area (TPSA) is 153 Å². The van der Waals surface area contributed by atoms with E-state index in [2.05, 4.69) is 10.6 Å². The second kappa shape index (κ2) is 7.80. The van der Waals surface area contributed by atoms with E-state index in [-0.39, 0.29) is 5.69 Å². The molecule has 0 fully saturated rings. The number of non-ortho nitro benzene ring substituents is 1. The SMILES string of the molecule is NC(=O)NCCCC(N)C(=O)Nc1ccc([N+](=O)[O-])cc1. The lowest BCUT2D eigenvalue weighted by molar-refractivity contribution is -0.384. The molecule has 0 aliphatic carbocycles. The molecule has 0 aliphatic heterocycles.